The van der Waals surface area contributed by atoms with E-state index in [0.29, 0.717) is 17.2 Å². The van der Waals surface area contributed by atoms with Gasteiger partial charge in [-0.25, -0.2) is 4.98 Å². The van der Waals surface area contributed by atoms with Crippen LogP contribution in [-0.2, 0) is 37.3 Å². The third-order valence-electron chi connectivity index (χ3n) is 11.8. The van der Waals surface area contributed by atoms with Crippen LogP contribution in [0, 0.1) is 18.8 Å². The second-order valence-electron chi connectivity index (χ2n) is 17.4. The van der Waals surface area contributed by atoms with Crippen molar-refractivity contribution in [2.45, 2.75) is 64.7 Å². The first-order valence-corrected chi connectivity index (χ1v) is 20.2. The van der Waals surface area contributed by atoms with Crippen LogP contribution in [0.1, 0.15) is 79.0 Å². The molecule has 3 heterocycles. The van der Waals surface area contributed by atoms with Crippen LogP contribution in [-0.4, -0.2) is 9.55 Å². The van der Waals surface area contributed by atoms with Crippen molar-refractivity contribution in [3.05, 3.63) is 211 Å². The quantitative estimate of drug-likeness (QED) is 0.135. The average molecular weight is 967 g/mol. The summed E-state index contributed by atoms with van der Waals surface area (Å²) in [6.07, 6.45) is 2.00. The molecule has 60 heavy (non-hydrogen) atoms. The first kappa shape index (κ1) is 38.3. The van der Waals surface area contributed by atoms with Gasteiger partial charge in [0.1, 0.15) is 5.82 Å². The van der Waals surface area contributed by atoms with Gasteiger partial charge >= 0.3 is 0 Å². The zero-order valence-electron chi connectivity index (χ0n) is 37.0. The van der Waals surface area contributed by atoms with Crippen LogP contribution in [0.4, 0.5) is 11.4 Å². The number of fused-ring (bicyclic) bond motifs is 3. The maximum Gasteiger partial charge on any atom is 0.135 e. The van der Waals surface area contributed by atoms with E-state index in [4.69, 9.17) is 12.5 Å². The molecule has 0 amide bonds. The molecule has 0 bridgehead atoms. The summed E-state index contributed by atoms with van der Waals surface area (Å²) in [5.74, 6) is 1.79. The van der Waals surface area contributed by atoms with Crippen molar-refractivity contribution in [1.29, 1.82) is 0 Å². The van der Waals surface area contributed by atoms with E-state index in [1.807, 2.05) is 48.7 Å². The van der Waals surface area contributed by atoms with Crippen LogP contribution < -0.4 is 14.5 Å². The van der Waals surface area contributed by atoms with Gasteiger partial charge in [0.2, 0.25) is 0 Å². The first-order valence-electron chi connectivity index (χ1n) is 21.2. The molecular formula is C54H49N4OPt-3. The standard InChI is InChI=1S/C54H49N4O.Pt/c1-52(2,3)41-31-42(54(6,7)39-19-12-9-13-20-39)33-44(32-41)57-30-29-56(37-57)43-21-16-22-45(35-43)59-46-25-26-48-47-23-14-15-24-49(47)58(50(48)36-46)51-34-40(27-28-55-51)53(4,5)38-17-10-8-11-18-38;/h8-34,37H,1-7H3;/q-3;/i29D,30D;. The van der Waals surface area contributed by atoms with Crippen molar-refractivity contribution in [2.75, 3.05) is 9.80 Å². The van der Waals surface area contributed by atoms with Crippen LogP contribution in [0.15, 0.2) is 164 Å². The number of nitrogens with zero attached hydrogens (tertiary/aromatic N) is 4. The van der Waals surface area contributed by atoms with Gasteiger partial charge in [0, 0.05) is 60.8 Å². The van der Waals surface area contributed by atoms with Gasteiger partial charge in [-0.2, -0.15) is 12.1 Å². The molecule has 0 atom stereocenters. The number of rotatable bonds is 9. The van der Waals surface area contributed by atoms with Gasteiger partial charge in [-0.05, 0) is 81.3 Å². The van der Waals surface area contributed by atoms with Crippen LogP contribution in [0.5, 0.6) is 11.5 Å². The Kier molecular flexibility index (Phi) is 10.2. The zero-order chi connectivity index (χ0) is 42.7. The van der Waals surface area contributed by atoms with Crippen molar-refractivity contribution < 1.29 is 28.5 Å². The van der Waals surface area contributed by atoms with Crippen molar-refractivity contribution >= 4 is 33.2 Å². The van der Waals surface area contributed by atoms with Crippen LogP contribution >= 0.6 is 0 Å². The summed E-state index contributed by atoms with van der Waals surface area (Å²) in [6, 6.07) is 56.8. The maximum absolute atomic E-state index is 9.15. The molecule has 0 fully saturated rings. The van der Waals surface area contributed by atoms with E-state index < -0.39 is 0 Å². The van der Waals surface area contributed by atoms with Gasteiger partial charge in [0.15, 0.2) is 0 Å². The fourth-order valence-electron chi connectivity index (χ4n) is 7.98. The number of benzene rings is 6. The number of anilines is 2. The van der Waals surface area contributed by atoms with E-state index >= 15 is 0 Å². The van der Waals surface area contributed by atoms with Gasteiger partial charge in [-0.1, -0.05) is 139 Å². The van der Waals surface area contributed by atoms with Crippen molar-refractivity contribution in [2.24, 2.45) is 0 Å². The molecule has 0 aliphatic carbocycles. The predicted molar refractivity (Wildman–Crippen MR) is 243 cm³/mol. The van der Waals surface area contributed by atoms with E-state index in [9.17, 15) is 0 Å². The number of aromatic nitrogens is 2. The Morgan fingerprint density at radius 1 is 0.567 bits per heavy atom. The summed E-state index contributed by atoms with van der Waals surface area (Å²) in [4.78, 5) is 8.36. The van der Waals surface area contributed by atoms with E-state index in [0.717, 1.165) is 50.0 Å². The Morgan fingerprint density at radius 2 is 1.20 bits per heavy atom. The van der Waals surface area contributed by atoms with E-state index in [2.05, 4.69) is 168 Å². The van der Waals surface area contributed by atoms with Gasteiger partial charge in [-0.3, -0.25) is 0 Å². The molecule has 0 saturated heterocycles. The molecule has 9 rings (SSSR count). The van der Waals surface area contributed by atoms with E-state index in [1.54, 1.807) is 16.5 Å². The monoisotopic (exact) mass is 966 g/mol. The topological polar surface area (TPSA) is 33.5 Å². The third-order valence-corrected chi connectivity index (χ3v) is 11.8. The number of ether oxygens (including phenoxy) is 1. The van der Waals surface area contributed by atoms with Crippen LogP contribution in [0.2, 0.25) is 0 Å². The van der Waals surface area contributed by atoms with Gasteiger partial charge in [0.25, 0.3) is 0 Å². The Bertz CT molecular complexity index is 2950. The molecule has 2 aromatic heterocycles. The second-order valence-corrected chi connectivity index (χ2v) is 17.4. The Balaban J connectivity index is 0.00000529. The summed E-state index contributed by atoms with van der Waals surface area (Å²) >= 11 is 0. The summed E-state index contributed by atoms with van der Waals surface area (Å²) in [7, 11) is 0. The van der Waals surface area contributed by atoms with Crippen molar-refractivity contribution in [3.63, 3.8) is 0 Å². The van der Waals surface area contributed by atoms with Crippen LogP contribution in [0.3, 0.4) is 0 Å². The van der Waals surface area contributed by atoms with Gasteiger partial charge in [0.05, 0.1) is 2.74 Å². The molecule has 0 radical (unpaired) electrons. The molecule has 6 aromatic carbocycles. The summed E-state index contributed by atoms with van der Waals surface area (Å²) in [5, 5.41) is 2.14. The minimum absolute atomic E-state index is 0. The smallest absolute Gasteiger partial charge is 0.135 e. The molecule has 0 saturated carbocycles. The Hall–Kier alpha value is -5.90. The van der Waals surface area contributed by atoms with Crippen LogP contribution in [0.25, 0.3) is 27.6 Å². The Labute approximate surface area is 372 Å². The molecular weight excluding hydrogens is 916 g/mol. The molecule has 0 spiro atoms. The van der Waals surface area contributed by atoms with Crippen molar-refractivity contribution in [3.8, 4) is 17.3 Å². The molecule has 5 nitrogen and oxygen atoms in total. The zero-order valence-corrected chi connectivity index (χ0v) is 37.3. The third kappa shape index (κ3) is 7.68. The first-order chi connectivity index (χ1) is 29.2. The fourth-order valence-corrected chi connectivity index (χ4v) is 7.98. The SMILES string of the molecule is [2H]C1=C([2H])N(c2cc(C(C)(C)C)cc(C(C)(C)c3ccccc3)c2)[CH-]N1c1[c-]c(Oc2[c-]c3c(cc2)c2ccccc2n3-c2cc(C(C)(C)c3ccccc3)ccn2)ccc1.[Pt]. The predicted octanol–water partition coefficient (Wildman–Crippen LogP) is 13.4. The molecule has 1 aliphatic heterocycles. The number of hydrogen-bond donors (Lipinski definition) is 0. The minimum atomic E-state index is -0.292. The molecule has 1 aliphatic rings. The molecule has 8 aromatic rings. The molecule has 6 heteroatoms. The molecule has 304 valence electrons. The summed E-state index contributed by atoms with van der Waals surface area (Å²) < 4.78 is 26.9. The average Bonchev–Trinajstić information content (AvgIpc) is 3.76. The van der Waals surface area contributed by atoms with E-state index in [1.165, 1.54) is 11.1 Å². The van der Waals surface area contributed by atoms with Crippen molar-refractivity contribution in [1.82, 2.24) is 9.55 Å². The largest absolute Gasteiger partial charge is 0.509 e. The number of hydrogen-bond acceptors (Lipinski definition) is 4. The number of pyridine rings is 1. The molecule has 0 N–H and O–H groups in total. The second kappa shape index (κ2) is 15.9. The van der Waals surface area contributed by atoms with Gasteiger partial charge < -0.3 is 19.1 Å². The minimum Gasteiger partial charge on any atom is -0.509 e. The van der Waals surface area contributed by atoms with E-state index in [-0.39, 0.29) is 49.7 Å². The van der Waals surface area contributed by atoms with Gasteiger partial charge in [-0.15, -0.1) is 48.1 Å². The summed E-state index contributed by atoms with van der Waals surface area (Å²) in [6.45, 7) is 17.4. The fraction of sp³-hybridized carbons (Fsp3) is 0.185. The maximum atomic E-state index is 9.15. The normalized spacial score (nSPS) is 14.1. The summed E-state index contributed by atoms with van der Waals surface area (Å²) in [5.41, 5.74) is 8.51. The Morgan fingerprint density at radius 3 is 1.92 bits per heavy atom. The number of para-hydroxylation sites is 1. The molecule has 0 unspecified atom stereocenters.